The molecule has 4 heteroatoms. The van der Waals surface area contributed by atoms with Crippen molar-refractivity contribution in [3.05, 3.63) is 35.1 Å². The Labute approximate surface area is 120 Å². The van der Waals surface area contributed by atoms with Crippen molar-refractivity contribution in [2.75, 3.05) is 19.6 Å². The molecule has 1 fully saturated rings. The zero-order valence-corrected chi connectivity index (χ0v) is 12.0. The smallest absolute Gasteiger partial charge is 0.123 e. The Bertz CT molecular complexity index is 475. The maximum atomic E-state index is 13.4. The number of hydrogen-bond donors (Lipinski definition) is 1. The molecule has 1 unspecified atom stereocenters. The summed E-state index contributed by atoms with van der Waals surface area (Å²) in [5.41, 5.74) is 1.37. The van der Waals surface area contributed by atoms with Gasteiger partial charge in [-0.1, -0.05) is 6.92 Å². The van der Waals surface area contributed by atoms with Gasteiger partial charge in [0.15, 0.2) is 0 Å². The van der Waals surface area contributed by atoms with Crippen molar-refractivity contribution in [2.45, 2.75) is 38.8 Å². The van der Waals surface area contributed by atoms with Gasteiger partial charge in [-0.25, -0.2) is 4.39 Å². The minimum atomic E-state index is -0.269. The number of halogens is 1. The van der Waals surface area contributed by atoms with Crippen molar-refractivity contribution in [1.29, 1.82) is 5.26 Å². The highest BCUT2D eigenvalue weighted by molar-refractivity contribution is 5.37. The molecule has 108 valence electrons. The van der Waals surface area contributed by atoms with E-state index in [2.05, 4.69) is 23.2 Å². The molecule has 1 saturated heterocycles. The topological polar surface area (TPSA) is 39.1 Å². The molecule has 1 aliphatic heterocycles. The van der Waals surface area contributed by atoms with Gasteiger partial charge in [0.25, 0.3) is 0 Å². The number of nitriles is 1. The van der Waals surface area contributed by atoms with Gasteiger partial charge in [-0.15, -0.1) is 0 Å². The van der Waals surface area contributed by atoms with Crippen molar-refractivity contribution in [3.63, 3.8) is 0 Å². The molecule has 1 aliphatic rings. The molecule has 0 amide bonds. The molecular weight excluding hydrogens is 253 g/mol. The van der Waals surface area contributed by atoms with Crippen LogP contribution in [0.4, 0.5) is 4.39 Å². The fraction of sp³-hybridized carbons (Fsp3) is 0.562. The van der Waals surface area contributed by atoms with E-state index >= 15 is 0 Å². The van der Waals surface area contributed by atoms with Crippen molar-refractivity contribution in [1.82, 2.24) is 10.2 Å². The van der Waals surface area contributed by atoms with E-state index in [0.717, 1.165) is 31.6 Å². The molecule has 0 spiro atoms. The van der Waals surface area contributed by atoms with Crippen LogP contribution in [0.5, 0.6) is 0 Å². The average Bonchev–Trinajstić information content (AvgIpc) is 2.92. The maximum Gasteiger partial charge on any atom is 0.123 e. The first-order chi connectivity index (χ1) is 9.72. The van der Waals surface area contributed by atoms with Gasteiger partial charge in [-0.2, -0.15) is 5.26 Å². The van der Waals surface area contributed by atoms with E-state index in [1.165, 1.54) is 25.0 Å². The Kier molecular flexibility index (Phi) is 5.51. The van der Waals surface area contributed by atoms with Crippen LogP contribution >= 0.6 is 0 Å². The number of nitrogens with zero attached hydrogens (tertiary/aromatic N) is 2. The summed E-state index contributed by atoms with van der Waals surface area (Å²) in [4.78, 5) is 2.32. The lowest BCUT2D eigenvalue weighted by Crippen LogP contribution is -2.37. The minimum absolute atomic E-state index is 0.269. The summed E-state index contributed by atoms with van der Waals surface area (Å²) in [6.07, 6.45) is 3.49. The van der Waals surface area contributed by atoms with E-state index in [-0.39, 0.29) is 5.82 Å². The van der Waals surface area contributed by atoms with Crippen LogP contribution in [-0.4, -0.2) is 30.6 Å². The molecule has 0 bridgehead atoms. The first-order valence-corrected chi connectivity index (χ1v) is 7.37. The van der Waals surface area contributed by atoms with Crippen LogP contribution in [0, 0.1) is 17.1 Å². The average molecular weight is 275 g/mol. The number of nitrogens with one attached hydrogen (secondary N) is 1. The first kappa shape index (κ1) is 15.0. The fourth-order valence-corrected chi connectivity index (χ4v) is 2.82. The van der Waals surface area contributed by atoms with Gasteiger partial charge >= 0.3 is 0 Å². The standard InChI is InChI=1S/C16H22FN3/c1-2-8-20(12-16-4-3-7-19-16)11-14-9-15(17)6-5-13(14)10-18/h5-6,9,16,19H,2-4,7-8,11-12H2,1H3. The highest BCUT2D eigenvalue weighted by atomic mass is 19.1. The van der Waals surface area contributed by atoms with Gasteiger partial charge in [0.2, 0.25) is 0 Å². The summed E-state index contributed by atoms with van der Waals surface area (Å²) in [5.74, 6) is -0.269. The summed E-state index contributed by atoms with van der Waals surface area (Å²) in [6.45, 7) is 5.82. The highest BCUT2D eigenvalue weighted by Crippen LogP contribution is 2.15. The van der Waals surface area contributed by atoms with E-state index < -0.39 is 0 Å². The third-order valence-electron chi connectivity index (χ3n) is 3.76. The molecule has 3 nitrogen and oxygen atoms in total. The maximum absolute atomic E-state index is 13.4. The molecule has 0 saturated carbocycles. The Morgan fingerprint density at radius 3 is 3.00 bits per heavy atom. The van der Waals surface area contributed by atoms with Gasteiger partial charge in [0.05, 0.1) is 11.6 Å². The molecule has 2 rings (SSSR count). The molecule has 0 aromatic heterocycles. The molecule has 1 N–H and O–H groups in total. The minimum Gasteiger partial charge on any atom is -0.313 e. The fourth-order valence-electron chi connectivity index (χ4n) is 2.82. The summed E-state index contributed by atoms with van der Waals surface area (Å²) in [7, 11) is 0. The quantitative estimate of drug-likeness (QED) is 0.867. The second-order valence-electron chi connectivity index (χ2n) is 5.44. The third kappa shape index (κ3) is 4.03. The van der Waals surface area contributed by atoms with E-state index in [4.69, 9.17) is 5.26 Å². The predicted molar refractivity (Wildman–Crippen MR) is 77.7 cm³/mol. The lowest BCUT2D eigenvalue weighted by atomic mass is 10.1. The van der Waals surface area contributed by atoms with E-state index in [1.807, 2.05) is 0 Å². The van der Waals surface area contributed by atoms with Crippen molar-refractivity contribution in [2.24, 2.45) is 0 Å². The zero-order valence-electron chi connectivity index (χ0n) is 12.0. The lowest BCUT2D eigenvalue weighted by Gasteiger charge is -2.25. The van der Waals surface area contributed by atoms with Gasteiger partial charge in [0, 0.05) is 19.1 Å². The van der Waals surface area contributed by atoms with Crippen LogP contribution in [0.1, 0.15) is 37.3 Å². The summed E-state index contributed by atoms with van der Waals surface area (Å²) >= 11 is 0. The van der Waals surface area contributed by atoms with Crippen LogP contribution in [0.15, 0.2) is 18.2 Å². The van der Waals surface area contributed by atoms with E-state index in [0.29, 0.717) is 18.2 Å². The van der Waals surface area contributed by atoms with E-state index in [9.17, 15) is 4.39 Å². The Morgan fingerprint density at radius 2 is 2.35 bits per heavy atom. The van der Waals surface area contributed by atoms with Crippen LogP contribution in [0.3, 0.4) is 0 Å². The molecule has 1 aromatic rings. The summed E-state index contributed by atoms with van der Waals surface area (Å²) in [6, 6.07) is 7.10. The van der Waals surface area contributed by atoms with Crippen molar-refractivity contribution < 1.29 is 4.39 Å². The van der Waals surface area contributed by atoms with Crippen LogP contribution in [-0.2, 0) is 6.54 Å². The molecule has 1 heterocycles. The highest BCUT2D eigenvalue weighted by Gasteiger charge is 2.18. The van der Waals surface area contributed by atoms with Crippen LogP contribution in [0.25, 0.3) is 0 Å². The second kappa shape index (κ2) is 7.37. The molecule has 0 radical (unpaired) electrons. The van der Waals surface area contributed by atoms with Gasteiger partial charge in [0.1, 0.15) is 5.82 Å². The molecule has 1 aromatic carbocycles. The summed E-state index contributed by atoms with van der Waals surface area (Å²) in [5, 5.41) is 12.6. The normalized spacial score (nSPS) is 18.4. The SMILES string of the molecule is CCCN(Cc1cc(F)ccc1C#N)CC1CCCN1. The Balaban J connectivity index is 2.06. The van der Waals surface area contributed by atoms with Crippen LogP contribution < -0.4 is 5.32 Å². The predicted octanol–water partition coefficient (Wildman–Crippen LogP) is 2.66. The molecule has 0 aliphatic carbocycles. The third-order valence-corrected chi connectivity index (χ3v) is 3.76. The monoisotopic (exact) mass is 275 g/mol. The Morgan fingerprint density at radius 1 is 1.50 bits per heavy atom. The molecule has 20 heavy (non-hydrogen) atoms. The number of benzene rings is 1. The number of hydrogen-bond acceptors (Lipinski definition) is 3. The molecular formula is C16H22FN3. The lowest BCUT2D eigenvalue weighted by molar-refractivity contribution is 0.241. The van der Waals surface area contributed by atoms with Crippen LogP contribution in [0.2, 0.25) is 0 Å². The second-order valence-corrected chi connectivity index (χ2v) is 5.44. The molecule has 1 atom stereocenters. The largest absolute Gasteiger partial charge is 0.313 e. The van der Waals surface area contributed by atoms with Crippen molar-refractivity contribution in [3.8, 4) is 6.07 Å². The first-order valence-electron chi connectivity index (χ1n) is 7.37. The van der Waals surface area contributed by atoms with Gasteiger partial charge < -0.3 is 5.32 Å². The van der Waals surface area contributed by atoms with Crippen molar-refractivity contribution >= 4 is 0 Å². The van der Waals surface area contributed by atoms with E-state index in [1.54, 1.807) is 6.07 Å². The van der Waals surface area contributed by atoms with Gasteiger partial charge in [-0.3, -0.25) is 4.90 Å². The Hall–Kier alpha value is -1.44. The summed E-state index contributed by atoms with van der Waals surface area (Å²) < 4.78 is 13.4. The van der Waals surface area contributed by atoms with Gasteiger partial charge in [-0.05, 0) is 56.1 Å². The number of rotatable bonds is 6. The zero-order chi connectivity index (χ0) is 14.4.